The van der Waals surface area contributed by atoms with E-state index in [2.05, 4.69) is 26.2 Å². The predicted octanol–water partition coefficient (Wildman–Crippen LogP) is 3.35. The number of rotatable bonds is 4. The summed E-state index contributed by atoms with van der Waals surface area (Å²) in [6, 6.07) is 3.39. The van der Waals surface area contributed by atoms with Crippen molar-refractivity contribution in [2.75, 3.05) is 0 Å². The number of halogens is 3. The number of carboxylic acid groups (broad SMARTS) is 1. The SMILES string of the molecule is O=C(O)CCc1cn(-c2c(Cl)cc(Br)cc2Cl)nn1. The van der Waals surface area contributed by atoms with E-state index in [1.165, 1.54) is 4.68 Å². The molecule has 1 heterocycles. The average Bonchev–Trinajstić information content (AvgIpc) is 2.73. The first-order valence-corrected chi connectivity index (χ1v) is 6.80. The van der Waals surface area contributed by atoms with Crippen LogP contribution in [0.15, 0.2) is 22.8 Å². The number of aliphatic carboxylic acids is 1. The van der Waals surface area contributed by atoms with Crippen molar-refractivity contribution < 1.29 is 9.90 Å². The van der Waals surface area contributed by atoms with Gasteiger partial charge in [-0.3, -0.25) is 4.79 Å². The van der Waals surface area contributed by atoms with Crippen LogP contribution in [-0.2, 0) is 11.2 Å². The van der Waals surface area contributed by atoms with Gasteiger partial charge < -0.3 is 5.11 Å². The van der Waals surface area contributed by atoms with Gasteiger partial charge in [0.05, 0.1) is 28.4 Å². The van der Waals surface area contributed by atoms with Crippen LogP contribution in [0.5, 0.6) is 0 Å². The molecule has 0 unspecified atom stereocenters. The van der Waals surface area contributed by atoms with Gasteiger partial charge in [0.15, 0.2) is 0 Å². The van der Waals surface area contributed by atoms with Crippen LogP contribution in [0.25, 0.3) is 5.69 Å². The van der Waals surface area contributed by atoms with Crippen molar-refractivity contribution in [3.05, 3.63) is 38.5 Å². The Bertz CT molecular complexity index is 607. The zero-order chi connectivity index (χ0) is 14.0. The van der Waals surface area contributed by atoms with Crippen LogP contribution in [0.1, 0.15) is 12.1 Å². The molecule has 5 nitrogen and oxygen atoms in total. The molecule has 1 aromatic heterocycles. The topological polar surface area (TPSA) is 68.0 Å². The summed E-state index contributed by atoms with van der Waals surface area (Å²) in [6.45, 7) is 0. The summed E-state index contributed by atoms with van der Waals surface area (Å²) in [5.74, 6) is -0.880. The van der Waals surface area contributed by atoms with E-state index < -0.39 is 5.97 Å². The Morgan fingerprint density at radius 3 is 2.58 bits per heavy atom. The highest BCUT2D eigenvalue weighted by molar-refractivity contribution is 9.10. The molecule has 0 saturated carbocycles. The number of hydrogen-bond acceptors (Lipinski definition) is 3. The third kappa shape index (κ3) is 3.46. The summed E-state index contributed by atoms with van der Waals surface area (Å²) in [7, 11) is 0. The molecule has 8 heteroatoms. The lowest BCUT2D eigenvalue weighted by Gasteiger charge is -2.06. The number of benzene rings is 1. The van der Waals surface area contributed by atoms with Gasteiger partial charge in [0.25, 0.3) is 0 Å². The summed E-state index contributed by atoms with van der Waals surface area (Å²) in [5, 5.41) is 17.3. The normalized spacial score (nSPS) is 10.7. The zero-order valence-electron chi connectivity index (χ0n) is 9.48. The summed E-state index contributed by atoms with van der Waals surface area (Å²) < 4.78 is 2.20. The molecule has 0 fully saturated rings. The van der Waals surface area contributed by atoms with E-state index in [1.807, 2.05) is 0 Å². The Morgan fingerprint density at radius 2 is 2.00 bits per heavy atom. The lowest BCUT2D eigenvalue weighted by atomic mass is 10.2. The van der Waals surface area contributed by atoms with Crippen molar-refractivity contribution >= 4 is 45.1 Å². The molecule has 100 valence electrons. The summed E-state index contributed by atoms with van der Waals surface area (Å²) in [6.07, 6.45) is 1.92. The Balaban J connectivity index is 2.30. The quantitative estimate of drug-likeness (QED) is 0.903. The Morgan fingerprint density at radius 1 is 1.37 bits per heavy atom. The van der Waals surface area contributed by atoms with E-state index >= 15 is 0 Å². The summed E-state index contributed by atoms with van der Waals surface area (Å²) in [5.41, 5.74) is 1.08. The minimum absolute atomic E-state index is 0.000492. The highest BCUT2D eigenvalue weighted by Crippen LogP contribution is 2.31. The Labute approximate surface area is 127 Å². The Hall–Kier alpha value is -1.11. The van der Waals surface area contributed by atoms with Gasteiger partial charge in [-0.2, -0.15) is 0 Å². The summed E-state index contributed by atoms with van der Waals surface area (Å²) in [4.78, 5) is 10.5. The van der Waals surface area contributed by atoms with Crippen LogP contribution in [0.2, 0.25) is 10.0 Å². The second kappa shape index (κ2) is 5.90. The van der Waals surface area contributed by atoms with E-state index in [9.17, 15) is 4.79 Å². The standard InChI is InChI=1S/C11H8BrCl2N3O2/c12-6-3-8(13)11(9(14)4-6)17-5-7(15-16-17)1-2-10(18)19/h3-5H,1-2H2,(H,18,19). The second-order valence-electron chi connectivity index (χ2n) is 3.77. The molecule has 0 amide bonds. The van der Waals surface area contributed by atoms with Gasteiger partial charge in [-0.05, 0) is 12.1 Å². The minimum atomic E-state index is -0.880. The number of hydrogen-bond donors (Lipinski definition) is 1. The first kappa shape index (κ1) is 14.3. The molecule has 0 bridgehead atoms. The van der Waals surface area contributed by atoms with E-state index in [4.69, 9.17) is 28.3 Å². The fraction of sp³-hybridized carbons (Fsp3) is 0.182. The lowest BCUT2D eigenvalue weighted by molar-refractivity contribution is -0.136. The molecular formula is C11H8BrCl2N3O2. The highest BCUT2D eigenvalue weighted by atomic mass is 79.9. The second-order valence-corrected chi connectivity index (χ2v) is 5.50. The number of nitrogens with zero attached hydrogens (tertiary/aromatic N) is 3. The fourth-order valence-corrected chi connectivity index (χ4v) is 2.89. The molecule has 1 aromatic carbocycles. The van der Waals surface area contributed by atoms with Crippen molar-refractivity contribution in [3.63, 3.8) is 0 Å². The first-order chi connectivity index (χ1) is 8.97. The molecule has 0 atom stereocenters. The number of aromatic nitrogens is 3. The highest BCUT2D eigenvalue weighted by Gasteiger charge is 2.12. The molecule has 0 aliphatic heterocycles. The monoisotopic (exact) mass is 363 g/mol. The van der Waals surface area contributed by atoms with Crippen LogP contribution in [-0.4, -0.2) is 26.1 Å². The van der Waals surface area contributed by atoms with Crippen LogP contribution in [0.3, 0.4) is 0 Å². The number of carbonyl (C=O) groups is 1. The number of carboxylic acids is 1. The molecule has 0 spiro atoms. The van der Waals surface area contributed by atoms with Crippen LogP contribution in [0, 0.1) is 0 Å². The van der Waals surface area contributed by atoms with Gasteiger partial charge in [-0.15, -0.1) is 5.10 Å². The van der Waals surface area contributed by atoms with Crippen LogP contribution < -0.4 is 0 Å². The van der Waals surface area contributed by atoms with Crippen molar-refractivity contribution in [3.8, 4) is 5.69 Å². The third-order valence-corrected chi connectivity index (χ3v) is 3.38. The molecule has 2 rings (SSSR count). The van der Waals surface area contributed by atoms with Gasteiger partial charge in [0.1, 0.15) is 5.69 Å². The summed E-state index contributed by atoms with van der Waals surface area (Å²) >= 11 is 15.5. The van der Waals surface area contributed by atoms with Gasteiger partial charge in [0, 0.05) is 10.9 Å². The number of aryl methyl sites for hydroxylation is 1. The van der Waals surface area contributed by atoms with Crippen molar-refractivity contribution in [1.29, 1.82) is 0 Å². The lowest BCUT2D eigenvalue weighted by Crippen LogP contribution is -1.98. The molecule has 0 radical (unpaired) electrons. The molecule has 0 aliphatic carbocycles. The van der Waals surface area contributed by atoms with Crippen LogP contribution >= 0.6 is 39.1 Å². The maximum absolute atomic E-state index is 10.5. The molecule has 0 saturated heterocycles. The predicted molar refractivity (Wildman–Crippen MR) is 75.0 cm³/mol. The van der Waals surface area contributed by atoms with E-state index in [1.54, 1.807) is 18.3 Å². The maximum atomic E-state index is 10.5. The van der Waals surface area contributed by atoms with Crippen molar-refractivity contribution in [2.24, 2.45) is 0 Å². The van der Waals surface area contributed by atoms with E-state index in [-0.39, 0.29) is 6.42 Å². The van der Waals surface area contributed by atoms with Crippen molar-refractivity contribution in [2.45, 2.75) is 12.8 Å². The Kier molecular flexibility index (Phi) is 4.44. The van der Waals surface area contributed by atoms with Gasteiger partial charge in [-0.1, -0.05) is 44.3 Å². The maximum Gasteiger partial charge on any atom is 0.303 e. The largest absolute Gasteiger partial charge is 0.481 e. The van der Waals surface area contributed by atoms with Gasteiger partial charge in [-0.25, -0.2) is 4.68 Å². The fourth-order valence-electron chi connectivity index (χ4n) is 1.51. The molecule has 1 N–H and O–H groups in total. The molecule has 0 aliphatic rings. The average molecular weight is 365 g/mol. The van der Waals surface area contributed by atoms with E-state index in [0.717, 1.165) is 4.47 Å². The van der Waals surface area contributed by atoms with E-state index in [0.29, 0.717) is 27.8 Å². The minimum Gasteiger partial charge on any atom is -0.481 e. The zero-order valence-corrected chi connectivity index (χ0v) is 12.6. The molecule has 19 heavy (non-hydrogen) atoms. The van der Waals surface area contributed by atoms with Crippen molar-refractivity contribution in [1.82, 2.24) is 15.0 Å². The van der Waals surface area contributed by atoms with Crippen LogP contribution in [0.4, 0.5) is 0 Å². The third-order valence-electron chi connectivity index (χ3n) is 2.35. The molecular weight excluding hydrogens is 357 g/mol. The molecule has 2 aromatic rings. The first-order valence-electron chi connectivity index (χ1n) is 5.25. The van der Waals surface area contributed by atoms with Gasteiger partial charge >= 0.3 is 5.97 Å². The van der Waals surface area contributed by atoms with Gasteiger partial charge in [0.2, 0.25) is 0 Å². The smallest absolute Gasteiger partial charge is 0.303 e.